The number of nitro groups is 1. The van der Waals surface area contributed by atoms with Crippen molar-refractivity contribution < 1.29 is 18.2 Å². The van der Waals surface area contributed by atoms with Crippen LogP contribution in [0.4, 0.5) is 17.1 Å². The van der Waals surface area contributed by atoms with Crippen LogP contribution in [0.15, 0.2) is 53.4 Å². The van der Waals surface area contributed by atoms with Crippen molar-refractivity contribution in [2.45, 2.75) is 30.7 Å². The van der Waals surface area contributed by atoms with Crippen LogP contribution in [-0.2, 0) is 10.0 Å². The van der Waals surface area contributed by atoms with Crippen molar-refractivity contribution in [1.82, 2.24) is 0 Å². The van der Waals surface area contributed by atoms with Gasteiger partial charge in [-0.1, -0.05) is 18.2 Å². The molecule has 28 heavy (non-hydrogen) atoms. The molecule has 0 atom stereocenters. The molecule has 0 aromatic heterocycles. The van der Waals surface area contributed by atoms with E-state index in [4.69, 9.17) is 0 Å². The minimum absolute atomic E-state index is 0.140. The monoisotopic (exact) mass is 405 g/mol. The predicted molar refractivity (Wildman–Crippen MR) is 108 cm³/mol. The van der Waals surface area contributed by atoms with Gasteiger partial charge < -0.3 is 10.2 Å². The molecular weight excluding hydrogens is 380 g/mol. The first-order valence-corrected chi connectivity index (χ1v) is 10.8. The fraction of sp³-hybridized carbons (Fsp3) is 0.368. The van der Waals surface area contributed by atoms with Gasteiger partial charge in [-0.2, -0.15) is 0 Å². The Kier molecular flexibility index (Phi) is 6.15. The summed E-state index contributed by atoms with van der Waals surface area (Å²) in [4.78, 5) is 12.4. The number of nitro benzene ring substituents is 1. The smallest absolute Gasteiger partial charge is 0.293 e. The summed E-state index contributed by atoms with van der Waals surface area (Å²) in [6.45, 7) is 5.27. The van der Waals surface area contributed by atoms with Gasteiger partial charge in [-0.15, -0.1) is 0 Å². The molecule has 0 bridgehead atoms. The van der Waals surface area contributed by atoms with E-state index in [0.717, 1.165) is 38.5 Å². The third-order valence-electron chi connectivity index (χ3n) is 5.05. The van der Waals surface area contributed by atoms with E-state index in [0.29, 0.717) is 11.4 Å². The van der Waals surface area contributed by atoms with Crippen LogP contribution in [0.1, 0.15) is 19.8 Å². The number of sulfonamides is 1. The topological polar surface area (TPSA) is 106 Å². The van der Waals surface area contributed by atoms with Gasteiger partial charge in [-0.25, -0.2) is 8.42 Å². The Labute approximate surface area is 164 Å². The summed E-state index contributed by atoms with van der Waals surface area (Å²) in [6.07, 6.45) is 1.85. The van der Waals surface area contributed by atoms with Crippen molar-refractivity contribution in [1.29, 1.82) is 0 Å². The van der Waals surface area contributed by atoms with E-state index in [1.165, 1.54) is 17.0 Å². The number of piperidine rings is 1. The second-order valence-electron chi connectivity index (χ2n) is 6.93. The van der Waals surface area contributed by atoms with Crippen LogP contribution in [0.2, 0.25) is 0 Å². The van der Waals surface area contributed by atoms with Gasteiger partial charge in [0.15, 0.2) is 0 Å². The van der Waals surface area contributed by atoms with Crippen LogP contribution in [0.3, 0.4) is 0 Å². The SMILES string of the molecule is CC[NH+]1CCC(Nc2ccc(S(=O)(=O)Nc3ccccc3)cc2[N+](=O)[O-])CC1. The Morgan fingerprint density at radius 1 is 1.14 bits per heavy atom. The molecule has 0 unspecified atom stereocenters. The Hall–Kier alpha value is -2.65. The van der Waals surface area contributed by atoms with Gasteiger partial charge in [-0.3, -0.25) is 14.8 Å². The average Bonchev–Trinajstić information content (AvgIpc) is 2.69. The second-order valence-corrected chi connectivity index (χ2v) is 8.61. The Balaban J connectivity index is 1.80. The van der Waals surface area contributed by atoms with E-state index in [9.17, 15) is 18.5 Å². The van der Waals surface area contributed by atoms with Crippen LogP contribution in [0, 0.1) is 10.1 Å². The fourth-order valence-corrected chi connectivity index (χ4v) is 4.49. The summed E-state index contributed by atoms with van der Waals surface area (Å²) < 4.78 is 27.6. The zero-order valence-corrected chi connectivity index (χ0v) is 16.5. The number of benzene rings is 2. The summed E-state index contributed by atoms with van der Waals surface area (Å²) in [7, 11) is -3.92. The van der Waals surface area contributed by atoms with Gasteiger partial charge in [-0.05, 0) is 31.2 Å². The molecule has 150 valence electrons. The fourth-order valence-electron chi connectivity index (χ4n) is 3.42. The molecule has 0 aliphatic carbocycles. The molecule has 0 spiro atoms. The van der Waals surface area contributed by atoms with E-state index in [1.807, 2.05) is 0 Å². The molecule has 1 aliphatic rings. The second kappa shape index (κ2) is 8.57. The highest BCUT2D eigenvalue weighted by atomic mass is 32.2. The van der Waals surface area contributed by atoms with E-state index >= 15 is 0 Å². The number of nitrogens with one attached hydrogen (secondary N) is 3. The van der Waals surface area contributed by atoms with Gasteiger partial charge in [0.05, 0.1) is 29.5 Å². The third kappa shape index (κ3) is 4.79. The largest absolute Gasteiger partial charge is 0.376 e. The third-order valence-corrected chi connectivity index (χ3v) is 6.43. The molecule has 3 N–H and O–H groups in total. The van der Waals surface area contributed by atoms with Crippen LogP contribution >= 0.6 is 0 Å². The maximum absolute atomic E-state index is 12.6. The van der Waals surface area contributed by atoms with Crippen molar-refractivity contribution in [2.75, 3.05) is 29.7 Å². The molecule has 0 radical (unpaired) electrons. The molecule has 2 aromatic carbocycles. The molecule has 1 aliphatic heterocycles. The molecule has 8 nitrogen and oxygen atoms in total. The van der Waals surface area contributed by atoms with Gasteiger partial charge in [0, 0.05) is 30.6 Å². The summed E-state index contributed by atoms with van der Waals surface area (Å²) in [5.74, 6) is 0. The quantitative estimate of drug-likeness (QED) is 0.482. The van der Waals surface area contributed by atoms with Gasteiger partial charge in [0.2, 0.25) is 0 Å². The van der Waals surface area contributed by atoms with Gasteiger partial charge in [0.25, 0.3) is 15.7 Å². The number of para-hydroxylation sites is 1. The number of nitrogens with zero attached hydrogens (tertiary/aromatic N) is 1. The molecule has 0 saturated carbocycles. The Morgan fingerprint density at radius 3 is 2.43 bits per heavy atom. The average molecular weight is 406 g/mol. The Bertz CT molecular complexity index is 926. The standard InChI is InChI=1S/C19H24N4O4S/c1-2-22-12-10-15(11-13-22)20-18-9-8-17(14-19(18)23(24)25)28(26,27)21-16-6-4-3-5-7-16/h3-9,14-15,20-21H,2,10-13H2,1H3/p+1. The predicted octanol–water partition coefficient (Wildman–Crippen LogP) is 1.87. The minimum atomic E-state index is -3.92. The lowest BCUT2D eigenvalue weighted by Gasteiger charge is -2.29. The van der Waals surface area contributed by atoms with E-state index < -0.39 is 14.9 Å². The van der Waals surface area contributed by atoms with Crippen molar-refractivity contribution in [3.8, 4) is 0 Å². The van der Waals surface area contributed by atoms with Crippen LogP contribution in [0.25, 0.3) is 0 Å². The maximum atomic E-state index is 12.6. The van der Waals surface area contributed by atoms with Crippen LogP contribution in [-0.4, -0.2) is 39.0 Å². The van der Waals surface area contributed by atoms with Crippen LogP contribution < -0.4 is 14.9 Å². The summed E-state index contributed by atoms with van der Waals surface area (Å²) in [5, 5.41) is 14.8. The van der Waals surface area contributed by atoms with Crippen molar-refractivity contribution in [3.63, 3.8) is 0 Å². The number of quaternary nitrogens is 1. The van der Waals surface area contributed by atoms with Crippen molar-refractivity contribution >= 4 is 27.1 Å². The first-order valence-electron chi connectivity index (χ1n) is 9.35. The van der Waals surface area contributed by atoms with Crippen LogP contribution in [0.5, 0.6) is 0 Å². The van der Waals surface area contributed by atoms with E-state index in [-0.39, 0.29) is 16.6 Å². The lowest BCUT2D eigenvalue weighted by Crippen LogP contribution is -3.13. The highest BCUT2D eigenvalue weighted by Gasteiger charge is 2.25. The van der Waals surface area contributed by atoms with Gasteiger partial charge in [0.1, 0.15) is 5.69 Å². The van der Waals surface area contributed by atoms with Gasteiger partial charge >= 0.3 is 0 Å². The molecule has 1 fully saturated rings. The molecule has 1 saturated heterocycles. The first-order chi connectivity index (χ1) is 13.4. The molecule has 1 heterocycles. The number of rotatable bonds is 7. The molecule has 3 rings (SSSR count). The zero-order chi connectivity index (χ0) is 20.1. The first kappa shape index (κ1) is 20.1. The summed E-state index contributed by atoms with van der Waals surface area (Å²) >= 11 is 0. The Morgan fingerprint density at radius 2 is 1.82 bits per heavy atom. The van der Waals surface area contributed by atoms with E-state index in [2.05, 4.69) is 17.0 Å². The minimum Gasteiger partial charge on any atom is -0.376 e. The summed E-state index contributed by atoms with van der Waals surface area (Å²) in [6, 6.07) is 12.6. The lowest BCUT2D eigenvalue weighted by molar-refractivity contribution is -0.903. The van der Waals surface area contributed by atoms with E-state index in [1.54, 1.807) is 30.3 Å². The number of hydrogen-bond acceptors (Lipinski definition) is 5. The maximum Gasteiger partial charge on any atom is 0.293 e. The highest BCUT2D eigenvalue weighted by Crippen LogP contribution is 2.29. The van der Waals surface area contributed by atoms with Crippen molar-refractivity contribution in [2.24, 2.45) is 0 Å². The lowest BCUT2D eigenvalue weighted by atomic mass is 10.0. The normalized spacial score (nSPS) is 19.8. The number of hydrogen-bond donors (Lipinski definition) is 3. The highest BCUT2D eigenvalue weighted by molar-refractivity contribution is 7.92. The summed E-state index contributed by atoms with van der Waals surface area (Å²) in [5.41, 5.74) is 0.521. The molecule has 0 amide bonds. The molecule has 2 aromatic rings. The molecule has 9 heteroatoms. The number of likely N-dealkylation sites (tertiary alicyclic amines) is 1. The van der Waals surface area contributed by atoms with Crippen molar-refractivity contribution in [3.05, 3.63) is 58.6 Å². The zero-order valence-electron chi connectivity index (χ0n) is 15.7. The molecular formula is C19H25N4O4S+. The number of anilines is 2.